The standard InChI is InChI=1S/C12H17NO2/c13-12(8-3-1-2-4-8)9-5-6-10(14)11(15)7-9/h5-8,12,14-15H,1-4,13H2/t12-/m1/s1. The summed E-state index contributed by atoms with van der Waals surface area (Å²) >= 11 is 0. The quantitative estimate of drug-likeness (QED) is 0.652. The summed E-state index contributed by atoms with van der Waals surface area (Å²) in [6.07, 6.45) is 4.84. The van der Waals surface area contributed by atoms with E-state index in [1.165, 1.54) is 31.7 Å². The Bertz CT molecular complexity index is 345. The Morgan fingerprint density at radius 1 is 1.13 bits per heavy atom. The van der Waals surface area contributed by atoms with Crippen LogP contribution in [0.4, 0.5) is 0 Å². The van der Waals surface area contributed by atoms with Crippen molar-refractivity contribution in [3.05, 3.63) is 23.8 Å². The average Bonchev–Trinajstić information content (AvgIpc) is 2.74. The van der Waals surface area contributed by atoms with E-state index < -0.39 is 0 Å². The number of hydrogen-bond acceptors (Lipinski definition) is 3. The highest BCUT2D eigenvalue weighted by molar-refractivity contribution is 5.41. The molecule has 0 amide bonds. The molecule has 0 aromatic heterocycles. The van der Waals surface area contributed by atoms with Crippen LogP contribution in [0.15, 0.2) is 18.2 Å². The van der Waals surface area contributed by atoms with Crippen molar-refractivity contribution in [1.29, 1.82) is 0 Å². The van der Waals surface area contributed by atoms with Gasteiger partial charge in [-0.2, -0.15) is 0 Å². The second-order valence-corrected chi connectivity index (χ2v) is 4.32. The Morgan fingerprint density at radius 2 is 1.80 bits per heavy atom. The molecule has 3 nitrogen and oxygen atoms in total. The van der Waals surface area contributed by atoms with Crippen molar-refractivity contribution in [2.75, 3.05) is 0 Å². The van der Waals surface area contributed by atoms with E-state index >= 15 is 0 Å². The zero-order valence-corrected chi connectivity index (χ0v) is 8.69. The minimum atomic E-state index is -0.0858. The van der Waals surface area contributed by atoms with Gasteiger partial charge in [-0.25, -0.2) is 0 Å². The van der Waals surface area contributed by atoms with Gasteiger partial charge in [0.05, 0.1) is 0 Å². The minimum absolute atomic E-state index is 0.0148. The zero-order chi connectivity index (χ0) is 10.8. The van der Waals surface area contributed by atoms with Crippen LogP contribution >= 0.6 is 0 Å². The van der Waals surface area contributed by atoms with Crippen LogP contribution < -0.4 is 5.73 Å². The van der Waals surface area contributed by atoms with Crippen molar-refractivity contribution in [3.8, 4) is 11.5 Å². The largest absolute Gasteiger partial charge is 0.504 e. The maximum atomic E-state index is 9.39. The van der Waals surface area contributed by atoms with Gasteiger partial charge >= 0.3 is 0 Å². The van der Waals surface area contributed by atoms with Gasteiger partial charge in [0, 0.05) is 6.04 Å². The lowest BCUT2D eigenvalue weighted by Crippen LogP contribution is -2.18. The predicted octanol–water partition coefficient (Wildman–Crippen LogP) is 2.29. The Balaban J connectivity index is 2.17. The Morgan fingerprint density at radius 3 is 2.40 bits per heavy atom. The zero-order valence-electron chi connectivity index (χ0n) is 8.69. The van der Waals surface area contributed by atoms with E-state index in [0.29, 0.717) is 5.92 Å². The highest BCUT2D eigenvalue weighted by atomic mass is 16.3. The Labute approximate surface area is 89.5 Å². The molecule has 1 atom stereocenters. The van der Waals surface area contributed by atoms with Gasteiger partial charge < -0.3 is 15.9 Å². The molecule has 0 saturated heterocycles. The fourth-order valence-corrected chi connectivity index (χ4v) is 2.34. The van der Waals surface area contributed by atoms with Crippen LogP contribution in [0.1, 0.15) is 37.3 Å². The number of phenols is 2. The Kier molecular flexibility index (Phi) is 2.82. The molecule has 1 aliphatic carbocycles. The fourth-order valence-electron chi connectivity index (χ4n) is 2.34. The Hall–Kier alpha value is -1.22. The van der Waals surface area contributed by atoms with E-state index in [9.17, 15) is 10.2 Å². The summed E-state index contributed by atoms with van der Waals surface area (Å²) in [5.41, 5.74) is 7.04. The van der Waals surface area contributed by atoms with E-state index in [4.69, 9.17) is 5.73 Å². The van der Waals surface area contributed by atoms with E-state index in [0.717, 1.165) is 5.56 Å². The minimum Gasteiger partial charge on any atom is -0.504 e. The van der Waals surface area contributed by atoms with Gasteiger partial charge in [-0.3, -0.25) is 0 Å². The first-order valence-electron chi connectivity index (χ1n) is 5.46. The van der Waals surface area contributed by atoms with Crippen LogP contribution in [0.5, 0.6) is 11.5 Å². The van der Waals surface area contributed by atoms with Gasteiger partial charge in [-0.1, -0.05) is 18.9 Å². The van der Waals surface area contributed by atoms with E-state index in [1.54, 1.807) is 12.1 Å². The van der Waals surface area contributed by atoms with Crippen LogP contribution in [0.2, 0.25) is 0 Å². The van der Waals surface area contributed by atoms with E-state index in [1.807, 2.05) is 0 Å². The second kappa shape index (κ2) is 4.11. The van der Waals surface area contributed by atoms with Crippen LogP contribution in [-0.2, 0) is 0 Å². The molecule has 0 bridgehead atoms. The molecular weight excluding hydrogens is 190 g/mol. The van der Waals surface area contributed by atoms with Crippen LogP contribution in [0.3, 0.4) is 0 Å². The molecule has 0 heterocycles. The van der Waals surface area contributed by atoms with Crippen molar-refractivity contribution >= 4 is 0 Å². The molecule has 0 aliphatic heterocycles. The van der Waals surface area contributed by atoms with Gasteiger partial charge in [-0.15, -0.1) is 0 Å². The molecule has 4 N–H and O–H groups in total. The van der Waals surface area contributed by atoms with Crippen LogP contribution in [0, 0.1) is 5.92 Å². The normalized spacial score (nSPS) is 19.3. The van der Waals surface area contributed by atoms with Crippen LogP contribution in [0.25, 0.3) is 0 Å². The van der Waals surface area contributed by atoms with Gasteiger partial charge in [0.25, 0.3) is 0 Å². The molecule has 1 aliphatic rings. The lowest BCUT2D eigenvalue weighted by Gasteiger charge is -2.19. The van der Waals surface area contributed by atoms with Gasteiger partial charge in [-0.05, 0) is 36.5 Å². The SMILES string of the molecule is N[C@@H](c1ccc(O)c(O)c1)C1CCCC1. The second-order valence-electron chi connectivity index (χ2n) is 4.32. The third-order valence-electron chi connectivity index (χ3n) is 3.29. The molecule has 82 valence electrons. The topological polar surface area (TPSA) is 66.5 Å². The number of rotatable bonds is 2. The summed E-state index contributed by atoms with van der Waals surface area (Å²) in [6, 6.07) is 4.84. The van der Waals surface area contributed by atoms with Crippen molar-refractivity contribution < 1.29 is 10.2 Å². The molecule has 0 radical (unpaired) electrons. The number of phenolic OH excluding ortho intramolecular Hbond substituents is 2. The maximum absolute atomic E-state index is 9.39. The predicted molar refractivity (Wildman–Crippen MR) is 58.7 cm³/mol. The average molecular weight is 207 g/mol. The molecule has 1 aromatic carbocycles. The number of benzene rings is 1. The number of aromatic hydroxyl groups is 2. The number of nitrogens with two attached hydrogens (primary N) is 1. The summed E-state index contributed by atoms with van der Waals surface area (Å²) < 4.78 is 0. The summed E-state index contributed by atoms with van der Waals surface area (Å²) in [6.45, 7) is 0. The smallest absolute Gasteiger partial charge is 0.157 e. The molecule has 1 saturated carbocycles. The lowest BCUT2D eigenvalue weighted by atomic mass is 9.92. The first-order chi connectivity index (χ1) is 7.18. The third-order valence-corrected chi connectivity index (χ3v) is 3.29. The summed E-state index contributed by atoms with van der Waals surface area (Å²) in [5, 5.41) is 18.6. The maximum Gasteiger partial charge on any atom is 0.157 e. The van der Waals surface area contributed by atoms with E-state index in [-0.39, 0.29) is 17.5 Å². The highest BCUT2D eigenvalue weighted by Crippen LogP contribution is 2.36. The monoisotopic (exact) mass is 207 g/mol. The van der Waals surface area contributed by atoms with Crippen molar-refractivity contribution in [2.45, 2.75) is 31.7 Å². The first kappa shape index (κ1) is 10.3. The molecule has 0 spiro atoms. The molecule has 2 rings (SSSR count). The van der Waals surface area contributed by atoms with Crippen molar-refractivity contribution in [1.82, 2.24) is 0 Å². The summed E-state index contributed by atoms with van der Waals surface area (Å²) in [5.74, 6) is 0.354. The third kappa shape index (κ3) is 2.07. The lowest BCUT2D eigenvalue weighted by molar-refractivity contribution is 0.398. The molecule has 1 fully saturated rings. The van der Waals surface area contributed by atoms with Gasteiger partial charge in [0.15, 0.2) is 11.5 Å². The first-order valence-corrected chi connectivity index (χ1v) is 5.46. The molecule has 1 aromatic rings. The van der Waals surface area contributed by atoms with Gasteiger partial charge in [0.1, 0.15) is 0 Å². The van der Waals surface area contributed by atoms with Crippen molar-refractivity contribution in [2.24, 2.45) is 11.7 Å². The van der Waals surface area contributed by atoms with Crippen molar-refractivity contribution in [3.63, 3.8) is 0 Å². The molecule has 0 unspecified atom stereocenters. The molecule has 15 heavy (non-hydrogen) atoms. The highest BCUT2D eigenvalue weighted by Gasteiger charge is 2.23. The summed E-state index contributed by atoms with van der Waals surface area (Å²) in [7, 11) is 0. The molecular formula is C12H17NO2. The molecule has 3 heteroatoms. The fraction of sp³-hybridized carbons (Fsp3) is 0.500. The van der Waals surface area contributed by atoms with Gasteiger partial charge in [0.2, 0.25) is 0 Å². The summed E-state index contributed by atoms with van der Waals surface area (Å²) in [4.78, 5) is 0. The number of hydrogen-bond donors (Lipinski definition) is 3. The van der Waals surface area contributed by atoms with Crippen LogP contribution in [-0.4, -0.2) is 10.2 Å². The van der Waals surface area contributed by atoms with E-state index in [2.05, 4.69) is 0 Å².